The van der Waals surface area contributed by atoms with Crippen LogP contribution in [0.15, 0.2) is 23.6 Å². The van der Waals surface area contributed by atoms with Gasteiger partial charge in [-0.15, -0.1) is 11.3 Å². The molecule has 1 aromatic carbocycles. The monoisotopic (exact) mass is 467 g/mol. The molecular weight excluding hydrogens is 438 g/mol. The molecule has 3 amide bonds. The van der Waals surface area contributed by atoms with Crippen molar-refractivity contribution in [1.29, 1.82) is 0 Å². The first-order valence-electron chi connectivity index (χ1n) is 11.3. The number of amides is 3. The molecule has 1 saturated carbocycles. The van der Waals surface area contributed by atoms with Crippen LogP contribution in [0.2, 0.25) is 0 Å². The zero-order valence-corrected chi connectivity index (χ0v) is 20.0. The number of nitrogens with zero attached hydrogens (tertiary/aromatic N) is 1. The summed E-state index contributed by atoms with van der Waals surface area (Å²) in [6, 6.07) is 5.03. The zero-order chi connectivity index (χ0) is 23.7. The summed E-state index contributed by atoms with van der Waals surface area (Å²) < 4.78 is 0. The van der Waals surface area contributed by atoms with E-state index in [0.29, 0.717) is 43.8 Å². The quantitative estimate of drug-likeness (QED) is 0.499. The smallest absolute Gasteiger partial charge is 0.319 e. The third-order valence-electron chi connectivity index (χ3n) is 6.42. The van der Waals surface area contributed by atoms with Crippen LogP contribution in [-0.2, 0) is 22.7 Å². The van der Waals surface area contributed by atoms with Crippen LogP contribution in [0.4, 0.5) is 10.5 Å². The average molecular weight is 468 g/mol. The van der Waals surface area contributed by atoms with E-state index in [2.05, 4.69) is 31.4 Å². The first-order valence-corrected chi connectivity index (χ1v) is 12.2. The van der Waals surface area contributed by atoms with Gasteiger partial charge in [-0.05, 0) is 54.5 Å². The molecule has 0 radical (unpaired) electrons. The van der Waals surface area contributed by atoms with Gasteiger partial charge in [0, 0.05) is 28.9 Å². The molecule has 1 fully saturated rings. The number of aryl methyl sites for hydroxylation is 1. The first-order chi connectivity index (χ1) is 15.7. The third kappa shape index (κ3) is 4.85. The fourth-order valence-corrected chi connectivity index (χ4v) is 5.61. The number of carbonyl (C=O) groups is 4. The zero-order valence-electron chi connectivity index (χ0n) is 19.2. The normalized spacial score (nSPS) is 18.5. The number of hydrogen-bond acceptors (Lipinski definition) is 5. The Morgan fingerprint density at radius 2 is 2.03 bits per heavy atom. The Kier molecular flexibility index (Phi) is 6.65. The lowest BCUT2D eigenvalue weighted by molar-refractivity contribution is -0.128. The van der Waals surface area contributed by atoms with Gasteiger partial charge in [0.15, 0.2) is 5.78 Å². The summed E-state index contributed by atoms with van der Waals surface area (Å²) in [5, 5.41) is 7.56. The molecule has 0 bridgehead atoms. The number of ketones is 2. The highest BCUT2D eigenvalue weighted by Gasteiger charge is 2.39. The van der Waals surface area contributed by atoms with Gasteiger partial charge < -0.3 is 15.5 Å². The van der Waals surface area contributed by atoms with E-state index in [1.54, 1.807) is 10.3 Å². The maximum Gasteiger partial charge on any atom is 0.319 e. The van der Waals surface area contributed by atoms with Crippen LogP contribution in [0, 0.1) is 6.92 Å². The highest BCUT2D eigenvalue weighted by atomic mass is 32.1. The van der Waals surface area contributed by atoms with Crippen molar-refractivity contribution < 1.29 is 19.2 Å². The molecule has 1 aromatic heterocycles. The molecule has 2 aliphatic rings. The second kappa shape index (κ2) is 9.47. The van der Waals surface area contributed by atoms with Crippen molar-refractivity contribution in [3.05, 3.63) is 50.7 Å². The van der Waals surface area contributed by atoms with E-state index in [1.807, 2.05) is 18.2 Å². The highest BCUT2D eigenvalue weighted by Crippen LogP contribution is 2.34. The number of hydrogen-bond donors (Lipinski definition) is 2. The Balaban J connectivity index is 1.40. The van der Waals surface area contributed by atoms with Crippen molar-refractivity contribution in [1.82, 2.24) is 10.2 Å². The molecule has 4 rings (SSSR count). The average Bonchev–Trinajstić information content (AvgIpc) is 3.25. The Labute approximate surface area is 197 Å². The Hall–Kier alpha value is -3.00. The predicted octanol–water partition coefficient (Wildman–Crippen LogP) is 4.54. The number of rotatable bonds is 5. The number of fused-ring (bicyclic) bond motifs is 1. The minimum Gasteiger partial charge on any atom is -0.333 e. The van der Waals surface area contributed by atoms with Crippen molar-refractivity contribution in [2.24, 2.45) is 0 Å². The van der Waals surface area contributed by atoms with E-state index in [9.17, 15) is 19.2 Å². The van der Waals surface area contributed by atoms with Gasteiger partial charge >= 0.3 is 6.03 Å². The third-order valence-corrected chi connectivity index (χ3v) is 7.45. The topological polar surface area (TPSA) is 95.6 Å². The summed E-state index contributed by atoms with van der Waals surface area (Å²) in [5.74, 6) is -0.0149. The van der Waals surface area contributed by atoms with E-state index in [4.69, 9.17) is 0 Å². The SMILES string of the molecule is Cc1ccc(NC(=O)NCc2scc3c2CN(C2CCCC(=O)CC2=O)C3=O)cc1C(C)C. The van der Waals surface area contributed by atoms with Crippen LogP contribution in [0.5, 0.6) is 0 Å². The van der Waals surface area contributed by atoms with Crippen LogP contribution in [0.3, 0.4) is 0 Å². The summed E-state index contributed by atoms with van der Waals surface area (Å²) >= 11 is 1.44. The van der Waals surface area contributed by atoms with E-state index in [0.717, 1.165) is 16.1 Å². The molecule has 0 saturated heterocycles. The van der Waals surface area contributed by atoms with E-state index in [-0.39, 0.29) is 29.9 Å². The second-order valence-corrected chi connectivity index (χ2v) is 10.1. The standard InChI is InChI=1S/C25H29N3O4S/c1-14(2)18-9-16(8-7-15(18)3)27-25(32)26-11-23-19-12-28(24(31)20(19)13-33-23)21-6-4-5-17(29)10-22(21)30/h7-9,13-14,21H,4-6,10-12H2,1-3H3,(H2,26,27,32). The largest absolute Gasteiger partial charge is 0.333 e. The number of nitrogens with one attached hydrogen (secondary N) is 2. The molecule has 0 spiro atoms. The molecule has 1 atom stereocenters. The summed E-state index contributed by atoms with van der Waals surface area (Å²) in [6.45, 7) is 6.94. The van der Waals surface area contributed by atoms with Gasteiger partial charge in [-0.1, -0.05) is 19.9 Å². The van der Waals surface area contributed by atoms with Gasteiger partial charge in [-0.25, -0.2) is 4.79 Å². The van der Waals surface area contributed by atoms with Gasteiger partial charge in [-0.3, -0.25) is 14.4 Å². The molecule has 33 heavy (non-hydrogen) atoms. The van der Waals surface area contributed by atoms with Gasteiger partial charge in [0.05, 0.1) is 24.6 Å². The lowest BCUT2D eigenvalue weighted by atomic mass is 9.97. The first kappa shape index (κ1) is 23.2. The molecule has 1 aliphatic heterocycles. The number of benzene rings is 1. The molecule has 2 heterocycles. The van der Waals surface area contributed by atoms with Crippen molar-refractivity contribution in [2.45, 2.75) is 71.5 Å². The summed E-state index contributed by atoms with van der Waals surface area (Å²) in [4.78, 5) is 52.2. The van der Waals surface area contributed by atoms with Gasteiger partial charge in [-0.2, -0.15) is 0 Å². The maximum atomic E-state index is 12.9. The number of anilines is 1. The summed E-state index contributed by atoms with van der Waals surface area (Å²) in [6.07, 6.45) is 1.45. The minimum atomic E-state index is -0.540. The highest BCUT2D eigenvalue weighted by molar-refractivity contribution is 7.10. The lowest BCUT2D eigenvalue weighted by Gasteiger charge is -2.25. The number of urea groups is 1. The van der Waals surface area contributed by atoms with Crippen LogP contribution >= 0.6 is 11.3 Å². The molecule has 7 nitrogen and oxygen atoms in total. The van der Waals surface area contributed by atoms with Crippen LogP contribution < -0.4 is 10.6 Å². The summed E-state index contributed by atoms with van der Waals surface area (Å²) in [5.41, 5.74) is 4.58. The van der Waals surface area contributed by atoms with Crippen LogP contribution in [0.1, 0.15) is 77.4 Å². The fourth-order valence-electron chi connectivity index (χ4n) is 4.63. The van der Waals surface area contributed by atoms with Crippen LogP contribution in [-0.4, -0.2) is 34.4 Å². The van der Waals surface area contributed by atoms with Crippen molar-refractivity contribution >= 4 is 40.5 Å². The van der Waals surface area contributed by atoms with Gasteiger partial charge in [0.2, 0.25) is 0 Å². The Bertz CT molecular complexity index is 1120. The molecular formula is C25H29N3O4S. The van der Waals surface area contributed by atoms with Crippen molar-refractivity contribution in [3.63, 3.8) is 0 Å². The molecule has 2 N–H and O–H groups in total. The van der Waals surface area contributed by atoms with E-state index >= 15 is 0 Å². The van der Waals surface area contributed by atoms with Crippen molar-refractivity contribution in [2.75, 3.05) is 5.32 Å². The molecule has 8 heteroatoms. The molecule has 174 valence electrons. The molecule has 2 aromatic rings. The molecule has 1 aliphatic carbocycles. The number of Topliss-reactive ketones (excluding diaryl/α,β-unsaturated/α-hetero) is 2. The second-order valence-electron chi connectivity index (χ2n) is 9.11. The van der Waals surface area contributed by atoms with Crippen molar-refractivity contribution in [3.8, 4) is 0 Å². The number of thiophene rings is 1. The predicted molar refractivity (Wildman–Crippen MR) is 128 cm³/mol. The van der Waals surface area contributed by atoms with E-state index in [1.165, 1.54) is 22.5 Å². The minimum absolute atomic E-state index is 0.0479. The Morgan fingerprint density at radius 3 is 2.79 bits per heavy atom. The van der Waals surface area contributed by atoms with E-state index < -0.39 is 6.04 Å². The maximum absolute atomic E-state index is 12.9. The van der Waals surface area contributed by atoms with Gasteiger partial charge in [0.1, 0.15) is 5.78 Å². The Morgan fingerprint density at radius 1 is 1.24 bits per heavy atom. The lowest BCUT2D eigenvalue weighted by Crippen LogP contribution is -2.41. The fraction of sp³-hybridized carbons (Fsp3) is 0.440. The van der Waals surface area contributed by atoms with Crippen LogP contribution in [0.25, 0.3) is 0 Å². The molecule has 1 unspecified atom stereocenters. The summed E-state index contributed by atoms with van der Waals surface area (Å²) in [7, 11) is 0. The number of carbonyl (C=O) groups excluding carboxylic acids is 4. The van der Waals surface area contributed by atoms with Gasteiger partial charge in [0.25, 0.3) is 5.91 Å².